The smallest absolute Gasteiger partial charge is 0.131 e. The number of hydrogen-bond acceptors (Lipinski definition) is 0. The molecule has 0 amide bonds. The summed E-state index contributed by atoms with van der Waals surface area (Å²) in [6, 6.07) is 14.5. The zero-order valence-electron chi connectivity index (χ0n) is 19.1. The summed E-state index contributed by atoms with van der Waals surface area (Å²) in [7, 11) is 0. The SMILES string of the molecule is C[C@H]1CC[C@H](c2ccc(-c3ccc([C@H]4CC[C@H](CCCCF)CC4)cc3)c(F)c2)CC1. The molecule has 0 heterocycles. The van der Waals surface area contributed by atoms with Gasteiger partial charge in [0.05, 0.1) is 6.67 Å². The second-order valence-electron chi connectivity index (χ2n) is 10.2. The average molecular weight is 425 g/mol. The molecular formula is C29H38F2. The van der Waals surface area contributed by atoms with Gasteiger partial charge in [0.25, 0.3) is 0 Å². The fraction of sp³-hybridized carbons (Fsp3) is 0.586. The summed E-state index contributed by atoms with van der Waals surface area (Å²) in [6.45, 7) is 2.15. The number of alkyl halides is 1. The van der Waals surface area contributed by atoms with Crippen LogP contribution in [0.2, 0.25) is 0 Å². The highest BCUT2D eigenvalue weighted by molar-refractivity contribution is 5.65. The van der Waals surface area contributed by atoms with E-state index < -0.39 is 0 Å². The predicted octanol–water partition coefficient (Wildman–Crippen LogP) is 9.20. The molecule has 0 saturated heterocycles. The molecule has 0 bridgehead atoms. The Morgan fingerprint density at radius 2 is 1.35 bits per heavy atom. The van der Waals surface area contributed by atoms with Crippen LogP contribution in [0, 0.1) is 17.7 Å². The van der Waals surface area contributed by atoms with E-state index >= 15 is 0 Å². The van der Waals surface area contributed by atoms with Gasteiger partial charge < -0.3 is 0 Å². The molecule has 168 valence electrons. The number of benzene rings is 2. The Labute approximate surface area is 187 Å². The van der Waals surface area contributed by atoms with Crippen molar-refractivity contribution in [1.29, 1.82) is 0 Å². The molecule has 0 aromatic heterocycles. The lowest BCUT2D eigenvalue weighted by atomic mass is 9.77. The van der Waals surface area contributed by atoms with Gasteiger partial charge in [-0.15, -0.1) is 0 Å². The number of halogens is 2. The van der Waals surface area contributed by atoms with E-state index in [1.807, 2.05) is 6.07 Å². The summed E-state index contributed by atoms with van der Waals surface area (Å²) in [5, 5.41) is 0. The third-order valence-electron chi connectivity index (χ3n) is 8.02. The minimum Gasteiger partial charge on any atom is -0.251 e. The van der Waals surface area contributed by atoms with Crippen molar-refractivity contribution >= 4 is 0 Å². The van der Waals surface area contributed by atoms with Gasteiger partial charge >= 0.3 is 0 Å². The molecule has 0 aliphatic heterocycles. The van der Waals surface area contributed by atoms with Crippen LogP contribution in [0.3, 0.4) is 0 Å². The molecule has 0 atom stereocenters. The summed E-state index contributed by atoms with van der Waals surface area (Å²) in [5.41, 5.74) is 4.26. The minimum absolute atomic E-state index is 0.0855. The molecule has 2 heteroatoms. The topological polar surface area (TPSA) is 0 Å². The van der Waals surface area contributed by atoms with Gasteiger partial charge in [-0.3, -0.25) is 4.39 Å². The van der Waals surface area contributed by atoms with Crippen LogP contribution in [0.15, 0.2) is 42.5 Å². The summed E-state index contributed by atoms with van der Waals surface area (Å²) in [4.78, 5) is 0. The van der Waals surface area contributed by atoms with E-state index in [2.05, 4.69) is 37.3 Å². The highest BCUT2D eigenvalue weighted by atomic mass is 19.1. The normalized spacial score (nSPS) is 26.7. The van der Waals surface area contributed by atoms with Crippen LogP contribution in [-0.2, 0) is 0 Å². The van der Waals surface area contributed by atoms with Gasteiger partial charge in [-0.1, -0.05) is 69.0 Å². The molecule has 2 fully saturated rings. The van der Waals surface area contributed by atoms with E-state index in [0.717, 1.165) is 35.8 Å². The fourth-order valence-corrected chi connectivity index (χ4v) is 5.86. The molecule has 2 aromatic carbocycles. The molecule has 0 unspecified atom stereocenters. The highest BCUT2D eigenvalue weighted by Crippen LogP contribution is 2.39. The maximum atomic E-state index is 15.0. The van der Waals surface area contributed by atoms with Crippen LogP contribution in [0.1, 0.15) is 101 Å². The first-order valence-corrected chi connectivity index (χ1v) is 12.6. The van der Waals surface area contributed by atoms with Crippen molar-refractivity contribution < 1.29 is 8.78 Å². The monoisotopic (exact) mass is 424 g/mol. The van der Waals surface area contributed by atoms with E-state index in [4.69, 9.17) is 0 Å². The first-order chi connectivity index (χ1) is 15.1. The van der Waals surface area contributed by atoms with E-state index in [9.17, 15) is 8.78 Å². The Morgan fingerprint density at radius 1 is 0.742 bits per heavy atom. The van der Waals surface area contributed by atoms with Crippen molar-refractivity contribution in [2.45, 2.75) is 89.4 Å². The van der Waals surface area contributed by atoms with Crippen molar-refractivity contribution in [2.75, 3.05) is 6.67 Å². The summed E-state index contributed by atoms with van der Waals surface area (Å²) in [6.07, 6.45) is 12.8. The first-order valence-electron chi connectivity index (χ1n) is 12.6. The predicted molar refractivity (Wildman–Crippen MR) is 127 cm³/mol. The second kappa shape index (κ2) is 10.7. The molecule has 2 aromatic rings. The van der Waals surface area contributed by atoms with Crippen molar-refractivity contribution in [1.82, 2.24) is 0 Å². The highest BCUT2D eigenvalue weighted by Gasteiger charge is 2.23. The minimum atomic E-state index is -0.176. The van der Waals surface area contributed by atoms with E-state index in [1.54, 1.807) is 6.07 Å². The Kier molecular flexibility index (Phi) is 7.80. The maximum Gasteiger partial charge on any atom is 0.131 e. The molecule has 2 saturated carbocycles. The second-order valence-corrected chi connectivity index (χ2v) is 10.2. The molecule has 0 nitrogen and oxygen atoms in total. The van der Waals surface area contributed by atoms with E-state index in [0.29, 0.717) is 11.8 Å². The maximum absolute atomic E-state index is 15.0. The van der Waals surface area contributed by atoms with E-state index in [1.165, 1.54) is 68.9 Å². The van der Waals surface area contributed by atoms with Crippen LogP contribution < -0.4 is 0 Å². The van der Waals surface area contributed by atoms with Gasteiger partial charge in [-0.2, -0.15) is 0 Å². The number of hydrogen-bond donors (Lipinski definition) is 0. The van der Waals surface area contributed by atoms with Gasteiger partial charge in [0.2, 0.25) is 0 Å². The third kappa shape index (κ3) is 5.76. The standard InChI is InChI=1S/C29H38F2/c1-21-5-9-25(10-6-21)27-17-18-28(29(31)20-27)26-15-13-24(14-16-26)23-11-7-22(8-12-23)4-2-3-19-30/h13-18,20-23,25H,2-12,19H2,1H3/t21-,22-,23-,25-. The lowest BCUT2D eigenvalue weighted by Crippen LogP contribution is -2.13. The van der Waals surface area contributed by atoms with Gasteiger partial charge in [0, 0.05) is 5.56 Å². The van der Waals surface area contributed by atoms with E-state index in [-0.39, 0.29) is 12.5 Å². The number of rotatable bonds is 7. The lowest BCUT2D eigenvalue weighted by molar-refractivity contribution is 0.298. The lowest BCUT2D eigenvalue weighted by Gasteiger charge is -2.29. The Morgan fingerprint density at radius 3 is 2.00 bits per heavy atom. The van der Waals surface area contributed by atoms with Crippen molar-refractivity contribution in [3.8, 4) is 11.1 Å². The van der Waals surface area contributed by atoms with Crippen LogP contribution in [0.4, 0.5) is 8.78 Å². The van der Waals surface area contributed by atoms with Crippen molar-refractivity contribution in [2.24, 2.45) is 11.8 Å². The molecule has 2 aliphatic carbocycles. The molecule has 0 N–H and O–H groups in total. The molecule has 4 rings (SSSR count). The summed E-state index contributed by atoms with van der Waals surface area (Å²) >= 11 is 0. The quantitative estimate of drug-likeness (QED) is 0.389. The fourth-order valence-electron chi connectivity index (χ4n) is 5.86. The van der Waals surface area contributed by atoms with Crippen LogP contribution in [-0.4, -0.2) is 6.67 Å². The average Bonchev–Trinajstić information content (AvgIpc) is 2.80. The van der Waals surface area contributed by atoms with Crippen LogP contribution in [0.25, 0.3) is 11.1 Å². The third-order valence-corrected chi connectivity index (χ3v) is 8.02. The van der Waals surface area contributed by atoms with Crippen LogP contribution >= 0.6 is 0 Å². The largest absolute Gasteiger partial charge is 0.251 e. The Bertz CT molecular complexity index is 809. The zero-order valence-corrected chi connectivity index (χ0v) is 19.1. The molecular weight excluding hydrogens is 386 g/mol. The van der Waals surface area contributed by atoms with Crippen LogP contribution in [0.5, 0.6) is 0 Å². The summed E-state index contributed by atoms with van der Waals surface area (Å²) < 4.78 is 27.3. The first kappa shape index (κ1) is 22.5. The summed E-state index contributed by atoms with van der Waals surface area (Å²) in [5.74, 6) is 2.65. The van der Waals surface area contributed by atoms with Gasteiger partial charge in [0.15, 0.2) is 0 Å². The van der Waals surface area contributed by atoms with Gasteiger partial charge in [-0.05, 0) is 91.4 Å². The Hall–Kier alpha value is -1.70. The number of unbranched alkanes of at least 4 members (excludes halogenated alkanes) is 1. The zero-order chi connectivity index (χ0) is 21.6. The molecule has 0 radical (unpaired) electrons. The van der Waals surface area contributed by atoms with Crippen molar-refractivity contribution in [3.63, 3.8) is 0 Å². The Balaban J connectivity index is 1.36. The van der Waals surface area contributed by atoms with Crippen molar-refractivity contribution in [3.05, 3.63) is 59.4 Å². The molecule has 2 aliphatic rings. The molecule has 0 spiro atoms. The van der Waals surface area contributed by atoms with Gasteiger partial charge in [-0.25, -0.2) is 4.39 Å². The van der Waals surface area contributed by atoms with Gasteiger partial charge in [0.1, 0.15) is 5.82 Å². The molecule has 31 heavy (non-hydrogen) atoms.